The van der Waals surface area contributed by atoms with E-state index in [2.05, 4.69) is 19.9 Å². The summed E-state index contributed by atoms with van der Waals surface area (Å²) in [5, 5.41) is 2.81. The summed E-state index contributed by atoms with van der Waals surface area (Å²) in [6.07, 6.45) is 4.33. The van der Waals surface area contributed by atoms with E-state index in [9.17, 15) is 12.8 Å². The Morgan fingerprint density at radius 1 is 1.37 bits per heavy atom. The average molecular weight is 445 g/mol. The predicted molar refractivity (Wildman–Crippen MR) is 113 cm³/mol. The van der Waals surface area contributed by atoms with E-state index in [0.29, 0.717) is 6.10 Å². The quantitative estimate of drug-likeness (QED) is 0.567. The van der Waals surface area contributed by atoms with Crippen molar-refractivity contribution >= 4 is 15.8 Å². The molecule has 2 unspecified atom stereocenters. The Labute approximate surface area is 178 Å². The SMILES string of the molecule is COCC(F)CNc1ncc(C)cc1S(=O)(=O)NC1CCN(CC2CCCO2)CC1. The molecule has 0 amide bonds. The van der Waals surface area contributed by atoms with Gasteiger partial charge < -0.3 is 19.7 Å². The van der Waals surface area contributed by atoms with Gasteiger partial charge in [-0.05, 0) is 57.3 Å². The van der Waals surface area contributed by atoms with Crippen LogP contribution >= 0.6 is 0 Å². The molecule has 3 heterocycles. The molecule has 1 aromatic rings. The number of piperidine rings is 1. The lowest BCUT2D eigenvalue weighted by molar-refractivity contribution is 0.0639. The minimum absolute atomic E-state index is 0.0499. The standard InChI is InChI=1S/C20H33FN4O4S/c1-15-10-19(20(22-11-15)23-12-16(21)14-28-2)30(26,27)24-17-5-7-25(8-6-17)13-18-4-3-9-29-18/h10-11,16-18,24H,3-9,12-14H2,1-2H3,(H,22,23). The van der Waals surface area contributed by atoms with Crippen molar-refractivity contribution in [3.63, 3.8) is 0 Å². The number of aryl methyl sites for hydroxylation is 1. The van der Waals surface area contributed by atoms with Crippen LogP contribution in [0.4, 0.5) is 10.2 Å². The number of likely N-dealkylation sites (tertiary alicyclic amines) is 1. The minimum atomic E-state index is -3.79. The number of halogens is 1. The fourth-order valence-corrected chi connectivity index (χ4v) is 5.44. The summed E-state index contributed by atoms with van der Waals surface area (Å²) in [6.45, 7) is 5.08. The first kappa shape index (κ1) is 23.3. The monoisotopic (exact) mass is 444 g/mol. The zero-order valence-corrected chi connectivity index (χ0v) is 18.6. The van der Waals surface area contributed by atoms with E-state index in [1.165, 1.54) is 7.11 Å². The van der Waals surface area contributed by atoms with Crippen LogP contribution in [0.25, 0.3) is 0 Å². The molecule has 170 valence electrons. The van der Waals surface area contributed by atoms with Crippen molar-refractivity contribution in [2.75, 3.05) is 51.8 Å². The van der Waals surface area contributed by atoms with Gasteiger partial charge in [0.15, 0.2) is 0 Å². The highest BCUT2D eigenvalue weighted by Gasteiger charge is 2.28. The molecule has 30 heavy (non-hydrogen) atoms. The third kappa shape index (κ3) is 6.58. The lowest BCUT2D eigenvalue weighted by atomic mass is 10.1. The van der Waals surface area contributed by atoms with E-state index < -0.39 is 16.2 Å². The van der Waals surface area contributed by atoms with Crippen LogP contribution in [0, 0.1) is 6.92 Å². The van der Waals surface area contributed by atoms with Gasteiger partial charge in [-0.2, -0.15) is 0 Å². The highest BCUT2D eigenvalue weighted by molar-refractivity contribution is 7.89. The van der Waals surface area contributed by atoms with Crippen LogP contribution in [0.5, 0.6) is 0 Å². The number of ether oxygens (including phenoxy) is 2. The molecule has 0 aromatic carbocycles. The predicted octanol–water partition coefficient (Wildman–Crippen LogP) is 1.71. The molecule has 2 aliphatic rings. The van der Waals surface area contributed by atoms with Crippen molar-refractivity contribution in [1.82, 2.24) is 14.6 Å². The first-order valence-corrected chi connectivity index (χ1v) is 12.1. The molecule has 0 aliphatic carbocycles. The number of anilines is 1. The molecule has 2 aliphatic heterocycles. The van der Waals surface area contributed by atoms with Gasteiger partial charge in [-0.3, -0.25) is 0 Å². The van der Waals surface area contributed by atoms with Gasteiger partial charge in [0, 0.05) is 39.0 Å². The summed E-state index contributed by atoms with van der Waals surface area (Å²) in [7, 11) is -2.37. The molecule has 0 saturated carbocycles. The number of hydrogen-bond acceptors (Lipinski definition) is 7. The molecule has 2 atom stereocenters. The van der Waals surface area contributed by atoms with Gasteiger partial charge in [-0.1, -0.05) is 0 Å². The van der Waals surface area contributed by atoms with Crippen LogP contribution in [0.3, 0.4) is 0 Å². The molecule has 1 aromatic heterocycles. The zero-order valence-electron chi connectivity index (χ0n) is 17.8. The number of methoxy groups -OCH3 is 1. The van der Waals surface area contributed by atoms with Gasteiger partial charge >= 0.3 is 0 Å². The summed E-state index contributed by atoms with van der Waals surface area (Å²) < 4.78 is 53.2. The summed E-state index contributed by atoms with van der Waals surface area (Å²) in [5.74, 6) is 0.155. The number of sulfonamides is 1. The van der Waals surface area contributed by atoms with E-state index in [1.807, 2.05) is 0 Å². The smallest absolute Gasteiger partial charge is 0.244 e. The zero-order chi connectivity index (χ0) is 21.6. The van der Waals surface area contributed by atoms with E-state index in [0.717, 1.165) is 57.5 Å². The molecule has 0 bridgehead atoms. The number of nitrogens with one attached hydrogen (secondary N) is 2. The molecule has 10 heteroatoms. The lowest BCUT2D eigenvalue weighted by Crippen LogP contribution is -2.46. The molecule has 2 saturated heterocycles. The number of alkyl halides is 1. The lowest BCUT2D eigenvalue weighted by Gasteiger charge is -2.33. The van der Waals surface area contributed by atoms with Crippen LogP contribution in [-0.4, -0.2) is 83.1 Å². The molecule has 2 fully saturated rings. The summed E-state index contributed by atoms with van der Waals surface area (Å²) in [6, 6.07) is 1.43. The maximum atomic E-state index is 13.8. The summed E-state index contributed by atoms with van der Waals surface area (Å²) in [4.78, 5) is 6.58. The van der Waals surface area contributed by atoms with Crippen molar-refractivity contribution in [2.24, 2.45) is 0 Å². The second kappa shape index (κ2) is 10.8. The van der Waals surface area contributed by atoms with Gasteiger partial charge in [0.2, 0.25) is 10.0 Å². The molecule has 0 spiro atoms. The Kier molecular flexibility index (Phi) is 8.41. The molecule has 2 N–H and O–H groups in total. The first-order valence-electron chi connectivity index (χ1n) is 10.6. The highest BCUT2D eigenvalue weighted by atomic mass is 32.2. The van der Waals surface area contributed by atoms with Gasteiger partial charge in [0.1, 0.15) is 16.9 Å². The van der Waals surface area contributed by atoms with Gasteiger partial charge in [0.05, 0.1) is 12.7 Å². The third-order valence-electron chi connectivity index (χ3n) is 5.51. The Morgan fingerprint density at radius 3 is 2.80 bits per heavy atom. The van der Waals surface area contributed by atoms with Crippen LogP contribution in [0.2, 0.25) is 0 Å². The maximum Gasteiger partial charge on any atom is 0.244 e. The number of nitrogens with zero attached hydrogens (tertiary/aromatic N) is 2. The van der Waals surface area contributed by atoms with Crippen molar-refractivity contribution < 1.29 is 22.3 Å². The van der Waals surface area contributed by atoms with Gasteiger partial charge in [-0.15, -0.1) is 0 Å². The maximum absolute atomic E-state index is 13.8. The third-order valence-corrected chi connectivity index (χ3v) is 7.05. The number of rotatable bonds is 10. The highest BCUT2D eigenvalue weighted by Crippen LogP contribution is 2.23. The normalized spacial score (nSPS) is 22.3. The second-order valence-corrected chi connectivity index (χ2v) is 9.81. The molecule has 8 nitrogen and oxygen atoms in total. The number of aromatic nitrogens is 1. The average Bonchev–Trinajstić information content (AvgIpc) is 3.21. The van der Waals surface area contributed by atoms with E-state index in [4.69, 9.17) is 9.47 Å². The summed E-state index contributed by atoms with van der Waals surface area (Å²) >= 11 is 0. The first-order chi connectivity index (χ1) is 14.4. The van der Waals surface area contributed by atoms with Crippen LogP contribution in [0.1, 0.15) is 31.2 Å². The van der Waals surface area contributed by atoms with Crippen LogP contribution in [0.15, 0.2) is 17.2 Å². The van der Waals surface area contributed by atoms with Crippen molar-refractivity contribution in [3.8, 4) is 0 Å². The van der Waals surface area contributed by atoms with Gasteiger partial charge in [-0.25, -0.2) is 22.5 Å². The van der Waals surface area contributed by atoms with Crippen molar-refractivity contribution in [3.05, 3.63) is 17.8 Å². The van der Waals surface area contributed by atoms with Crippen molar-refractivity contribution in [1.29, 1.82) is 0 Å². The minimum Gasteiger partial charge on any atom is -0.382 e. The molecular weight excluding hydrogens is 411 g/mol. The number of pyridine rings is 1. The Morgan fingerprint density at radius 2 is 2.13 bits per heavy atom. The van der Waals surface area contributed by atoms with E-state index >= 15 is 0 Å². The largest absolute Gasteiger partial charge is 0.382 e. The fraction of sp³-hybridized carbons (Fsp3) is 0.750. The van der Waals surface area contributed by atoms with Crippen molar-refractivity contribution in [2.45, 2.75) is 55.8 Å². The Balaban J connectivity index is 1.59. The Hall–Kier alpha value is -1.33. The topological polar surface area (TPSA) is 92.8 Å². The van der Waals surface area contributed by atoms with Crippen LogP contribution < -0.4 is 10.0 Å². The second-order valence-electron chi connectivity index (χ2n) is 8.12. The van der Waals surface area contributed by atoms with E-state index in [1.54, 1.807) is 19.2 Å². The summed E-state index contributed by atoms with van der Waals surface area (Å²) in [5.41, 5.74) is 0.723. The molecule has 0 radical (unpaired) electrons. The molecule has 3 rings (SSSR count). The van der Waals surface area contributed by atoms with Gasteiger partial charge in [0.25, 0.3) is 0 Å². The molecular formula is C20H33FN4O4S. The van der Waals surface area contributed by atoms with E-state index in [-0.39, 0.29) is 29.9 Å². The van der Waals surface area contributed by atoms with Crippen LogP contribution in [-0.2, 0) is 19.5 Å². The number of hydrogen-bond donors (Lipinski definition) is 2. The fourth-order valence-electron chi connectivity index (χ4n) is 3.92. The Bertz CT molecular complexity index is 781.